The van der Waals surface area contributed by atoms with Gasteiger partial charge in [0.15, 0.2) is 8.68 Å². The molecule has 0 aromatic carbocycles. The minimum Gasteiger partial charge on any atom is -0.244 e. The number of aromatic nitrogens is 3. The first-order valence-electron chi connectivity index (χ1n) is 4.36. The van der Waals surface area contributed by atoms with Gasteiger partial charge >= 0.3 is 0 Å². The second kappa shape index (κ2) is 5.35. The Hall–Kier alpha value is -0.300. The van der Waals surface area contributed by atoms with Crippen molar-refractivity contribution >= 4 is 46.5 Å². The molecule has 0 saturated heterocycles. The van der Waals surface area contributed by atoms with Gasteiger partial charge in [-0.1, -0.05) is 46.5 Å². The predicted molar refractivity (Wildman–Crippen MR) is 69.8 cm³/mol. The Bertz CT molecular complexity index is 500. The van der Waals surface area contributed by atoms with Crippen LogP contribution in [-0.4, -0.2) is 21.4 Å². The zero-order valence-electron chi connectivity index (χ0n) is 8.60. The second-order valence-corrected chi connectivity index (χ2v) is 6.62. The minimum absolute atomic E-state index is 0.503. The van der Waals surface area contributed by atoms with E-state index in [4.69, 9.17) is 11.6 Å². The lowest BCUT2D eigenvalue weighted by atomic mass is 10.3. The van der Waals surface area contributed by atoms with Gasteiger partial charge in [-0.2, -0.15) is 0 Å². The highest BCUT2D eigenvalue weighted by atomic mass is 35.5. The van der Waals surface area contributed by atoms with Crippen LogP contribution in [0.1, 0.15) is 5.56 Å². The van der Waals surface area contributed by atoms with Crippen molar-refractivity contribution in [2.45, 2.75) is 20.5 Å². The zero-order chi connectivity index (χ0) is 11.5. The highest BCUT2D eigenvalue weighted by Gasteiger charge is 2.08. The van der Waals surface area contributed by atoms with E-state index in [9.17, 15) is 0 Å². The largest absolute Gasteiger partial charge is 0.244 e. The second-order valence-electron chi connectivity index (χ2n) is 2.91. The average molecular weight is 290 g/mol. The van der Waals surface area contributed by atoms with Crippen molar-refractivity contribution in [3.8, 4) is 0 Å². The fourth-order valence-electron chi connectivity index (χ4n) is 1.01. The van der Waals surface area contributed by atoms with Crippen LogP contribution in [0, 0.1) is 6.92 Å². The maximum Gasteiger partial charge on any atom is 0.179 e. The first-order chi connectivity index (χ1) is 7.69. The normalized spacial score (nSPS) is 10.7. The van der Waals surface area contributed by atoms with E-state index in [1.165, 1.54) is 0 Å². The van der Waals surface area contributed by atoms with Crippen LogP contribution >= 0.6 is 46.5 Å². The summed E-state index contributed by atoms with van der Waals surface area (Å²) in [4.78, 5) is 5.09. The third-order valence-electron chi connectivity index (χ3n) is 1.78. The molecule has 0 N–H and O–H groups in total. The molecule has 7 heteroatoms. The Labute approximate surface area is 111 Å². The Morgan fingerprint density at radius 3 is 2.75 bits per heavy atom. The molecule has 0 aliphatic rings. The predicted octanol–water partition coefficient (Wildman–Crippen LogP) is 3.77. The Balaban J connectivity index is 2.22. The van der Waals surface area contributed by atoms with E-state index in [1.54, 1.807) is 41.1 Å². The highest BCUT2D eigenvalue weighted by Crippen LogP contribution is 2.34. The molecule has 2 aromatic heterocycles. The molecule has 0 fully saturated rings. The summed E-state index contributed by atoms with van der Waals surface area (Å²) in [6, 6.07) is 1.85. The van der Waals surface area contributed by atoms with Crippen molar-refractivity contribution in [3.05, 3.63) is 23.0 Å². The molecule has 16 heavy (non-hydrogen) atoms. The number of hydrogen-bond donors (Lipinski definition) is 0. The van der Waals surface area contributed by atoms with Crippen LogP contribution in [-0.2, 0) is 0 Å². The van der Waals surface area contributed by atoms with Gasteiger partial charge in [0.1, 0.15) is 5.15 Å². The molecule has 0 radical (unpaired) electrons. The molecule has 2 rings (SSSR count). The van der Waals surface area contributed by atoms with Crippen molar-refractivity contribution in [2.75, 3.05) is 6.26 Å². The summed E-state index contributed by atoms with van der Waals surface area (Å²) in [7, 11) is 0. The number of hydrogen-bond acceptors (Lipinski definition) is 6. The summed E-state index contributed by atoms with van der Waals surface area (Å²) >= 11 is 10.6. The van der Waals surface area contributed by atoms with Crippen molar-refractivity contribution in [3.63, 3.8) is 0 Å². The first kappa shape index (κ1) is 12.2. The van der Waals surface area contributed by atoms with Crippen LogP contribution in [0.15, 0.2) is 25.8 Å². The van der Waals surface area contributed by atoms with Gasteiger partial charge in [0.05, 0.1) is 0 Å². The van der Waals surface area contributed by atoms with Gasteiger partial charge in [0.2, 0.25) is 0 Å². The van der Waals surface area contributed by atoms with Crippen molar-refractivity contribution < 1.29 is 0 Å². The zero-order valence-corrected chi connectivity index (χ0v) is 11.8. The quantitative estimate of drug-likeness (QED) is 0.635. The van der Waals surface area contributed by atoms with E-state index >= 15 is 0 Å². The van der Waals surface area contributed by atoms with Crippen LogP contribution in [0.2, 0.25) is 5.15 Å². The van der Waals surface area contributed by atoms with Gasteiger partial charge in [-0.05, 0) is 24.8 Å². The molecule has 0 saturated carbocycles. The molecular formula is C9H8ClN3S3. The third-order valence-corrected chi connectivity index (χ3v) is 5.10. The standard InChI is InChI=1S/C9H8ClN3S3/c1-5-4-11-7(10)3-6(5)15-9-13-12-8(14-2)16-9/h3-4H,1-2H3. The lowest BCUT2D eigenvalue weighted by Crippen LogP contribution is -1.83. The number of halogens is 1. The molecule has 0 amide bonds. The van der Waals surface area contributed by atoms with E-state index in [-0.39, 0.29) is 0 Å². The number of pyridine rings is 1. The summed E-state index contributed by atoms with van der Waals surface area (Å²) in [6.45, 7) is 2.00. The van der Waals surface area contributed by atoms with Gasteiger partial charge in [0, 0.05) is 11.1 Å². The van der Waals surface area contributed by atoms with Crippen molar-refractivity contribution in [1.29, 1.82) is 0 Å². The molecule has 0 bridgehead atoms. The van der Waals surface area contributed by atoms with Crippen LogP contribution in [0.25, 0.3) is 0 Å². The molecule has 2 aromatic rings. The van der Waals surface area contributed by atoms with E-state index in [0.29, 0.717) is 5.15 Å². The Morgan fingerprint density at radius 1 is 1.31 bits per heavy atom. The summed E-state index contributed by atoms with van der Waals surface area (Å²) in [5.41, 5.74) is 1.09. The summed E-state index contributed by atoms with van der Waals surface area (Å²) in [5, 5.41) is 8.65. The topological polar surface area (TPSA) is 38.7 Å². The fraction of sp³-hybridized carbons (Fsp3) is 0.222. The molecule has 0 aliphatic heterocycles. The first-order valence-corrected chi connectivity index (χ1v) is 7.60. The SMILES string of the molecule is CSc1nnc(Sc2cc(Cl)ncc2C)s1. The van der Waals surface area contributed by atoms with Gasteiger partial charge in [0.25, 0.3) is 0 Å². The van der Waals surface area contributed by atoms with E-state index in [0.717, 1.165) is 19.1 Å². The van der Waals surface area contributed by atoms with Crippen LogP contribution in [0.5, 0.6) is 0 Å². The summed E-state index contributed by atoms with van der Waals surface area (Å²) < 4.78 is 1.90. The van der Waals surface area contributed by atoms with Crippen LogP contribution in [0.4, 0.5) is 0 Å². The summed E-state index contributed by atoms with van der Waals surface area (Å²) in [6.07, 6.45) is 3.75. The maximum absolute atomic E-state index is 5.85. The van der Waals surface area contributed by atoms with E-state index in [1.807, 2.05) is 19.2 Å². The van der Waals surface area contributed by atoms with Gasteiger partial charge < -0.3 is 0 Å². The monoisotopic (exact) mass is 289 g/mol. The number of rotatable bonds is 3. The number of thioether (sulfide) groups is 1. The average Bonchev–Trinajstić information content (AvgIpc) is 2.71. The fourth-order valence-corrected chi connectivity index (χ4v) is 3.72. The highest BCUT2D eigenvalue weighted by molar-refractivity contribution is 8.03. The molecule has 0 unspecified atom stereocenters. The van der Waals surface area contributed by atoms with Gasteiger partial charge in [-0.3, -0.25) is 0 Å². The van der Waals surface area contributed by atoms with Crippen LogP contribution < -0.4 is 0 Å². The lowest BCUT2D eigenvalue weighted by molar-refractivity contribution is 0.955. The van der Waals surface area contributed by atoms with Gasteiger partial charge in [-0.15, -0.1) is 10.2 Å². The third kappa shape index (κ3) is 2.88. The van der Waals surface area contributed by atoms with E-state index in [2.05, 4.69) is 15.2 Å². The molecule has 0 spiro atoms. The molecule has 0 aliphatic carbocycles. The van der Waals surface area contributed by atoms with Crippen LogP contribution in [0.3, 0.4) is 0 Å². The van der Waals surface area contributed by atoms with Gasteiger partial charge in [-0.25, -0.2) is 4.98 Å². The molecule has 3 nitrogen and oxygen atoms in total. The minimum atomic E-state index is 0.503. The van der Waals surface area contributed by atoms with Crippen molar-refractivity contribution in [1.82, 2.24) is 15.2 Å². The van der Waals surface area contributed by atoms with Crippen molar-refractivity contribution in [2.24, 2.45) is 0 Å². The Kier molecular flexibility index (Phi) is 4.07. The molecule has 84 valence electrons. The number of aryl methyl sites for hydroxylation is 1. The molecule has 0 atom stereocenters. The molecular weight excluding hydrogens is 282 g/mol. The number of nitrogens with zero attached hydrogens (tertiary/aromatic N) is 3. The smallest absolute Gasteiger partial charge is 0.179 e. The maximum atomic E-state index is 5.85. The summed E-state index contributed by atoms with van der Waals surface area (Å²) in [5.74, 6) is 0. The lowest BCUT2D eigenvalue weighted by Gasteiger charge is -2.01. The molecule has 2 heterocycles. The Morgan fingerprint density at radius 2 is 2.06 bits per heavy atom. The van der Waals surface area contributed by atoms with E-state index < -0.39 is 0 Å².